The highest BCUT2D eigenvalue weighted by molar-refractivity contribution is 7.99. The second kappa shape index (κ2) is 7.74. The molecule has 1 N–H and O–H groups in total. The molecule has 0 saturated heterocycles. The molecule has 2 aromatic carbocycles. The monoisotopic (exact) mass is 366 g/mol. The minimum absolute atomic E-state index is 0.0571. The lowest BCUT2D eigenvalue weighted by molar-refractivity contribution is -0.113. The molecule has 0 bridgehead atoms. The lowest BCUT2D eigenvalue weighted by atomic mass is 10.1. The number of nitrogens with one attached hydrogen (secondary N) is 1. The summed E-state index contributed by atoms with van der Waals surface area (Å²) >= 11 is 1.38. The lowest BCUT2D eigenvalue weighted by Crippen LogP contribution is -2.14. The van der Waals surface area contributed by atoms with Gasteiger partial charge >= 0.3 is 0 Å². The van der Waals surface area contributed by atoms with Gasteiger partial charge in [-0.3, -0.25) is 4.79 Å². The number of aryl methyl sites for hydroxylation is 3. The highest BCUT2D eigenvalue weighted by Gasteiger charge is 2.13. The first-order valence-corrected chi connectivity index (χ1v) is 9.39. The number of rotatable bonds is 5. The number of nitrogens with zero attached hydrogens (tertiary/aromatic N) is 3. The van der Waals surface area contributed by atoms with E-state index in [1.54, 1.807) is 0 Å². The van der Waals surface area contributed by atoms with Gasteiger partial charge in [-0.25, -0.2) is 0 Å². The fraction of sp³-hybridized carbons (Fsp3) is 0.250. The van der Waals surface area contributed by atoms with Crippen LogP contribution in [0.5, 0.6) is 0 Å². The van der Waals surface area contributed by atoms with Crippen molar-refractivity contribution >= 4 is 23.4 Å². The molecule has 1 amide bonds. The third kappa shape index (κ3) is 4.14. The van der Waals surface area contributed by atoms with Gasteiger partial charge in [0, 0.05) is 18.3 Å². The SMILES string of the molecule is Cc1cccc(-c2nnc(SCC(=O)Nc3ccc(C)c(C)c3)n2C)c1. The number of anilines is 1. The van der Waals surface area contributed by atoms with Gasteiger partial charge in [-0.1, -0.05) is 41.6 Å². The number of carbonyl (C=O) groups is 1. The summed E-state index contributed by atoms with van der Waals surface area (Å²) in [4.78, 5) is 12.2. The summed E-state index contributed by atoms with van der Waals surface area (Å²) in [6.07, 6.45) is 0. The van der Waals surface area contributed by atoms with Gasteiger partial charge in [0.2, 0.25) is 5.91 Å². The van der Waals surface area contributed by atoms with Gasteiger partial charge < -0.3 is 9.88 Å². The Morgan fingerprint density at radius 2 is 1.88 bits per heavy atom. The molecule has 0 radical (unpaired) electrons. The quantitative estimate of drug-likeness (QED) is 0.690. The molecule has 26 heavy (non-hydrogen) atoms. The molecule has 134 valence electrons. The van der Waals surface area contributed by atoms with Crippen molar-refractivity contribution in [2.45, 2.75) is 25.9 Å². The maximum atomic E-state index is 12.2. The molecule has 0 fully saturated rings. The van der Waals surface area contributed by atoms with Gasteiger partial charge in [0.05, 0.1) is 5.75 Å². The topological polar surface area (TPSA) is 59.8 Å². The maximum absolute atomic E-state index is 12.2. The fourth-order valence-corrected chi connectivity index (χ4v) is 3.33. The van der Waals surface area contributed by atoms with Crippen molar-refractivity contribution < 1.29 is 4.79 Å². The Morgan fingerprint density at radius 3 is 2.62 bits per heavy atom. The summed E-state index contributed by atoms with van der Waals surface area (Å²) in [7, 11) is 1.92. The molecule has 0 unspecified atom stereocenters. The second-order valence-electron chi connectivity index (χ2n) is 6.37. The third-order valence-corrected chi connectivity index (χ3v) is 5.25. The highest BCUT2D eigenvalue weighted by atomic mass is 32.2. The van der Waals surface area contributed by atoms with Crippen molar-refractivity contribution in [1.82, 2.24) is 14.8 Å². The van der Waals surface area contributed by atoms with Gasteiger partial charge in [0.25, 0.3) is 0 Å². The van der Waals surface area contributed by atoms with Crippen molar-refractivity contribution in [3.63, 3.8) is 0 Å². The molecular formula is C20H22N4OS. The van der Waals surface area contributed by atoms with E-state index in [1.165, 1.54) is 22.9 Å². The van der Waals surface area contributed by atoms with Crippen LogP contribution in [0.4, 0.5) is 5.69 Å². The van der Waals surface area contributed by atoms with Gasteiger partial charge in [0.15, 0.2) is 11.0 Å². The molecule has 0 aliphatic rings. The van der Waals surface area contributed by atoms with Gasteiger partial charge in [0.1, 0.15) is 0 Å². The van der Waals surface area contributed by atoms with E-state index in [9.17, 15) is 4.79 Å². The van der Waals surface area contributed by atoms with E-state index < -0.39 is 0 Å². The van der Waals surface area contributed by atoms with Crippen LogP contribution in [0.2, 0.25) is 0 Å². The smallest absolute Gasteiger partial charge is 0.234 e. The van der Waals surface area contributed by atoms with E-state index in [1.807, 2.05) is 61.9 Å². The van der Waals surface area contributed by atoms with E-state index in [0.29, 0.717) is 0 Å². The summed E-state index contributed by atoms with van der Waals surface area (Å²) in [5.74, 6) is 1.02. The van der Waals surface area contributed by atoms with Gasteiger partial charge in [-0.05, 0) is 50.1 Å². The number of amides is 1. The van der Waals surface area contributed by atoms with E-state index >= 15 is 0 Å². The molecule has 0 saturated carbocycles. The van der Waals surface area contributed by atoms with Crippen LogP contribution < -0.4 is 5.32 Å². The van der Waals surface area contributed by atoms with Crippen LogP contribution in [0.25, 0.3) is 11.4 Å². The Kier molecular flexibility index (Phi) is 5.42. The molecular weight excluding hydrogens is 344 g/mol. The van der Waals surface area contributed by atoms with Crippen molar-refractivity contribution in [3.05, 3.63) is 59.2 Å². The molecule has 5 nitrogen and oxygen atoms in total. The molecule has 3 rings (SSSR count). The lowest BCUT2D eigenvalue weighted by Gasteiger charge is -2.08. The van der Waals surface area contributed by atoms with Gasteiger partial charge in [-0.15, -0.1) is 10.2 Å². The predicted octanol–water partition coefficient (Wildman–Crippen LogP) is 4.14. The Balaban J connectivity index is 1.64. The summed E-state index contributed by atoms with van der Waals surface area (Å²) in [6, 6.07) is 14.0. The number of benzene rings is 2. The first-order chi connectivity index (χ1) is 12.4. The number of hydrogen-bond donors (Lipinski definition) is 1. The average Bonchev–Trinajstić information content (AvgIpc) is 2.97. The van der Waals surface area contributed by atoms with Crippen LogP contribution in [0.15, 0.2) is 47.6 Å². The molecule has 1 aromatic heterocycles. The van der Waals surface area contributed by atoms with Crippen LogP contribution in [0.1, 0.15) is 16.7 Å². The zero-order valence-electron chi connectivity index (χ0n) is 15.4. The van der Waals surface area contributed by atoms with Gasteiger partial charge in [-0.2, -0.15) is 0 Å². The van der Waals surface area contributed by atoms with Crippen molar-refractivity contribution in [3.8, 4) is 11.4 Å². The number of carbonyl (C=O) groups excluding carboxylic acids is 1. The van der Waals surface area contributed by atoms with E-state index in [4.69, 9.17) is 0 Å². The molecule has 0 spiro atoms. The van der Waals surface area contributed by atoms with E-state index in [-0.39, 0.29) is 11.7 Å². The van der Waals surface area contributed by atoms with Crippen molar-refractivity contribution in [2.24, 2.45) is 7.05 Å². The first-order valence-electron chi connectivity index (χ1n) is 8.40. The number of thioether (sulfide) groups is 1. The van der Waals surface area contributed by atoms with Crippen LogP contribution in [-0.4, -0.2) is 26.4 Å². The van der Waals surface area contributed by atoms with E-state index in [2.05, 4.69) is 28.5 Å². The zero-order valence-corrected chi connectivity index (χ0v) is 16.2. The molecule has 3 aromatic rings. The van der Waals surface area contributed by atoms with Crippen LogP contribution in [0, 0.1) is 20.8 Å². The van der Waals surface area contributed by atoms with Crippen LogP contribution in [0.3, 0.4) is 0 Å². The Morgan fingerprint density at radius 1 is 1.08 bits per heavy atom. The molecule has 1 heterocycles. The minimum Gasteiger partial charge on any atom is -0.325 e. The van der Waals surface area contributed by atoms with Crippen LogP contribution >= 0.6 is 11.8 Å². The summed E-state index contributed by atoms with van der Waals surface area (Å²) in [5, 5.41) is 12.1. The standard InChI is InChI=1S/C20H22N4OS/c1-13-6-5-7-16(10-13)19-22-23-20(24(19)4)26-12-18(25)21-17-9-8-14(2)15(3)11-17/h5-11H,12H2,1-4H3,(H,21,25). The average molecular weight is 366 g/mol. The van der Waals surface area contributed by atoms with Crippen molar-refractivity contribution in [1.29, 1.82) is 0 Å². The van der Waals surface area contributed by atoms with E-state index in [0.717, 1.165) is 27.8 Å². The summed E-state index contributed by atoms with van der Waals surface area (Å²) in [5.41, 5.74) is 5.38. The second-order valence-corrected chi connectivity index (χ2v) is 7.31. The first kappa shape index (κ1) is 18.2. The van der Waals surface area contributed by atoms with Crippen LogP contribution in [-0.2, 0) is 11.8 Å². The van der Waals surface area contributed by atoms with Crippen molar-refractivity contribution in [2.75, 3.05) is 11.1 Å². The number of hydrogen-bond acceptors (Lipinski definition) is 4. The highest BCUT2D eigenvalue weighted by Crippen LogP contribution is 2.23. The fourth-order valence-electron chi connectivity index (χ4n) is 2.62. The summed E-state index contributed by atoms with van der Waals surface area (Å²) in [6.45, 7) is 6.13. The Hall–Kier alpha value is -2.60. The Bertz CT molecular complexity index is 949. The Labute approximate surface area is 157 Å². The maximum Gasteiger partial charge on any atom is 0.234 e. The normalized spacial score (nSPS) is 10.8. The third-order valence-electron chi connectivity index (χ3n) is 4.23. The number of aromatic nitrogens is 3. The molecule has 6 heteroatoms. The molecule has 0 aliphatic heterocycles. The molecule has 0 atom stereocenters. The molecule has 0 aliphatic carbocycles. The summed E-state index contributed by atoms with van der Waals surface area (Å²) < 4.78 is 1.92. The zero-order chi connectivity index (χ0) is 18.7. The predicted molar refractivity (Wildman–Crippen MR) is 106 cm³/mol. The largest absolute Gasteiger partial charge is 0.325 e. The minimum atomic E-state index is -0.0571.